The number of nitrogens with zero attached hydrogens (tertiary/aromatic N) is 1. The van der Waals surface area contributed by atoms with Crippen molar-refractivity contribution in [3.05, 3.63) is 17.7 Å². The molecule has 24 heavy (non-hydrogen) atoms. The standard InChI is InChI=1S/C15H21NO7S/c1-20-13-8-11-12(9-14(13)21-2)22-10-16(15(11)17)6-4-5-7-23-24(3,18)19/h8-9H,4-7,10H2,1-3H3. The number of carbonyl (C=O) groups excluding carboxylic acids is 1. The number of benzene rings is 1. The van der Waals surface area contributed by atoms with Crippen LogP contribution in [0.5, 0.6) is 17.2 Å². The van der Waals surface area contributed by atoms with Crippen molar-refractivity contribution < 1.29 is 31.6 Å². The zero-order valence-electron chi connectivity index (χ0n) is 13.9. The molecular weight excluding hydrogens is 338 g/mol. The zero-order chi connectivity index (χ0) is 17.7. The van der Waals surface area contributed by atoms with E-state index in [1.165, 1.54) is 14.2 Å². The molecule has 2 rings (SSSR count). The molecule has 0 atom stereocenters. The molecule has 0 saturated carbocycles. The Hall–Kier alpha value is -2.00. The van der Waals surface area contributed by atoms with Crippen molar-refractivity contribution in [2.24, 2.45) is 0 Å². The molecule has 1 amide bonds. The summed E-state index contributed by atoms with van der Waals surface area (Å²) in [4.78, 5) is 14.1. The molecule has 1 aromatic carbocycles. The second kappa shape index (κ2) is 7.71. The van der Waals surface area contributed by atoms with E-state index in [4.69, 9.17) is 14.2 Å². The van der Waals surface area contributed by atoms with Crippen molar-refractivity contribution in [1.29, 1.82) is 0 Å². The Morgan fingerprint density at radius 1 is 1.17 bits per heavy atom. The lowest BCUT2D eigenvalue weighted by Crippen LogP contribution is -2.39. The molecule has 1 aliphatic heterocycles. The predicted molar refractivity (Wildman–Crippen MR) is 86.1 cm³/mol. The zero-order valence-corrected chi connectivity index (χ0v) is 14.7. The molecule has 0 saturated heterocycles. The third kappa shape index (κ3) is 4.51. The smallest absolute Gasteiger partial charge is 0.264 e. The number of rotatable bonds is 8. The van der Waals surface area contributed by atoms with E-state index >= 15 is 0 Å². The van der Waals surface area contributed by atoms with Gasteiger partial charge in [-0.15, -0.1) is 0 Å². The van der Waals surface area contributed by atoms with E-state index in [2.05, 4.69) is 4.18 Å². The molecule has 1 aliphatic rings. The molecule has 134 valence electrons. The van der Waals surface area contributed by atoms with E-state index < -0.39 is 10.1 Å². The largest absolute Gasteiger partial charge is 0.493 e. The van der Waals surface area contributed by atoms with Crippen molar-refractivity contribution in [3.8, 4) is 17.2 Å². The number of fused-ring (bicyclic) bond motifs is 1. The fraction of sp³-hybridized carbons (Fsp3) is 0.533. The number of hydrogen-bond acceptors (Lipinski definition) is 7. The highest BCUT2D eigenvalue weighted by atomic mass is 32.2. The van der Waals surface area contributed by atoms with E-state index in [9.17, 15) is 13.2 Å². The van der Waals surface area contributed by atoms with Crippen molar-refractivity contribution >= 4 is 16.0 Å². The maximum Gasteiger partial charge on any atom is 0.264 e. The van der Waals surface area contributed by atoms with Crippen molar-refractivity contribution in [2.75, 3.05) is 40.4 Å². The van der Waals surface area contributed by atoms with E-state index in [1.54, 1.807) is 17.0 Å². The first-order valence-corrected chi connectivity index (χ1v) is 9.20. The van der Waals surface area contributed by atoms with Gasteiger partial charge in [0.05, 0.1) is 32.6 Å². The van der Waals surface area contributed by atoms with Crippen LogP contribution >= 0.6 is 0 Å². The average Bonchev–Trinajstić information content (AvgIpc) is 2.54. The van der Waals surface area contributed by atoms with Crippen LogP contribution in [-0.2, 0) is 14.3 Å². The highest BCUT2D eigenvalue weighted by Crippen LogP contribution is 2.37. The number of methoxy groups -OCH3 is 2. The third-order valence-electron chi connectivity index (χ3n) is 3.50. The van der Waals surface area contributed by atoms with Gasteiger partial charge in [-0.1, -0.05) is 0 Å². The van der Waals surface area contributed by atoms with Gasteiger partial charge in [-0.25, -0.2) is 0 Å². The summed E-state index contributed by atoms with van der Waals surface area (Å²) < 4.78 is 42.4. The Morgan fingerprint density at radius 2 is 1.83 bits per heavy atom. The van der Waals surface area contributed by atoms with Crippen LogP contribution in [0.3, 0.4) is 0 Å². The van der Waals surface area contributed by atoms with Crippen LogP contribution in [0, 0.1) is 0 Å². The number of carbonyl (C=O) groups is 1. The van der Waals surface area contributed by atoms with Crippen molar-refractivity contribution in [2.45, 2.75) is 12.8 Å². The fourth-order valence-electron chi connectivity index (χ4n) is 2.30. The Bertz CT molecular complexity index is 702. The van der Waals surface area contributed by atoms with Gasteiger partial charge in [-0.05, 0) is 12.8 Å². The molecule has 0 aliphatic carbocycles. The molecule has 0 unspecified atom stereocenters. The number of ether oxygens (including phenoxy) is 3. The average molecular weight is 359 g/mol. The van der Waals surface area contributed by atoms with E-state index in [1.807, 2.05) is 0 Å². The fourth-order valence-corrected chi connectivity index (χ4v) is 2.73. The van der Waals surface area contributed by atoms with E-state index in [0.717, 1.165) is 6.26 Å². The van der Waals surface area contributed by atoms with Crippen LogP contribution in [0.25, 0.3) is 0 Å². The molecule has 1 heterocycles. The first-order valence-electron chi connectivity index (χ1n) is 7.38. The lowest BCUT2D eigenvalue weighted by atomic mass is 10.1. The van der Waals surface area contributed by atoms with Crippen LogP contribution in [0.4, 0.5) is 0 Å². The molecule has 0 radical (unpaired) electrons. The Kier molecular flexibility index (Phi) is 5.89. The Labute approximate surface area is 141 Å². The van der Waals surface area contributed by atoms with Crippen molar-refractivity contribution in [1.82, 2.24) is 4.90 Å². The molecule has 0 bridgehead atoms. The minimum atomic E-state index is -3.43. The SMILES string of the molecule is COc1cc2c(cc1OC)C(=O)N(CCCCOS(C)(=O)=O)CO2. The van der Waals surface area contributed by atoms with Crippen LogP contribution in [0.15, 0.2) is 12.1 Å². The third-order valence-corrected chi connectivity index (χ3v) is 4.09. The maximum absolute atomic E-state index is 12.5. The summed E-state index contributed by atoms with van der Waals surface area (Å²) >= 11 is 0. The summed E-state index contributed by atoms with van der Waals surface area (Å²) in [5, 5.41) is 0. The van der Waals surface area contributed by atoms with Gasteiger partial charge < -0.3 is 19.1 Å². The summed E-state index contributed by atoms with van der Waals surface area (Å²) in [7, 11) is -0.414. The van der Waals surface area contributed by atoms with Gasteiger partial charge in [-0.2, -0.15) is 8.42 Å². The molecule has 1 aromatic rings. The highest BCUT2D eigenvalue weighted by molar-refractivity contribution is 7.85. The van der Waals surface area contributed by atoms with Crippen LogP contribution in [0.1, 0.15) is 23.2 Å². The Morgan fingerprint density at radius 3 is 2.46 bits per heavy atom. The van der Waals surface area contributed by atoms with Gasteiger partial charge in [0.1, 0.15) is 5.75 Å². The molecule has 0 aromatic heterocycles. The molecule has 9 heteroatoms. The van der Waals surface area contributed by atoms with Gasteiger partial charge in [0.15, 0.2) is 18.2 Å². The quantitative estimate of drug-likeness (QED) is 0.509. The second-order valence-electron chi connectivity index (χ2n) is 5.28. The summed E-state index contributed by atoms with van der Waals surface area (Å²) in [6.07, 6.45) is 2.14. The molecular formula is C15H21NO7S. The first-order chi connectivity index (χ1) is 11.4. The topological polar surface area (TPSA) is 91.4 Å². The summed E-state index contributed by atoms with van der Waals surface area (Å²) in [5.74, 6) is 1.24. The van der Waals surface area contributed by atoms with Gasteiger partial charge in [0, 0.05) is 18.7 Å². The normalized spacial score (nSPS) is 14.1. The highest BCUT2D eigenvalue weighted by Gasteiger charge is 2.27. The lowest BCUT2D eigenvalue weighted by Gasteiger charge is -2.29. The molecule has 0 N–H and O–H groups in total. The monoisotopic (exact) mass is 359 g/mol. The minimum absolute atomic E-state index is 0.101. The molecule has 0 spiro atoms. The van der Waals surface area contributed by atoms with Crippen LogP contribution in [-0.4, -0.2) is 59.6 Å². The maximum atomic E-state index is 12.5. The van der Waals surface area contributed by atoms with Crippen LogP contribution in [0.2, 0.25) is 0 Å². The minimum Gasteiger partial charge on any atom is -0.493 e. The van der Waals surface area contributed by atoms with Gasteiger partial charge >= 0.3 is 0 Å². The Balaban J connectivity index is 1.96. The van der Waals surface area contributed by atoms with Gasteiger partial charge in [-0.3, -0.25) is 8.98 Å². The predicted octanol–water partition coefficient (Wildman–Crippen LogP) is 1.25. The van der Waals surface area contributed by atoms with E-state index in [0.29, 0.717) is 42.2 Å². The molecule has 0 fully saturated rings. The first kappa shape index (κ1) is 18.3. The molecule has 8 nitrogen and oxygen atoms in total. The summed E-state index contributed by atoms with van der Waals surface area (Å²) in [5.41, 5.74) is 0.409. The van der Waals surface area contributed by atoms with Gasteiger partial charge in [0.25, 0.3) is 16.0 Å². The lowest BCUT2D eigenvalue weighted by molar-refractivity contribution is 0.0512. The number of hydrogen-bond donors (Lipinski definition) is 0. The van der Waals surface area contributed by atoms with Gasteiger partial charge in [0.2, 0.25) is 0 Å². The van der Waals surface area contributed by atoms with Crippen LogP contribution < -0.4 is 14.2 Å². The van der Waals surface area contributed by atoms with Crippen molar-refractivity contribution in [3.63, 3.8) is 0 Å². The number of unbranched alkanes of at least 4 members (excludes halogenated alkanes) is 1. The summed E-state index contributed by atoms with van der Waals surface area (Å²) in [6, 6.07) is 3.22. The summed E-state index contributed by atoms with van der Waals surface area (Å²) in [6.45, 7) is 0.678. The number of amides is 1. The second-order valence-corrected chi connectivity index (χ2v) is 6.92. The van der Waals surface area contributed by atoms with E-state index in [-0.39, 0.29) is 19.2 Å².